The molecule has 1 fully saturated rings. The van der Waals surface area contributed by atoms with Gasteiger partial charge in [0.15, 0.2) is 6.61 Å². The van der Waals surface area contributed by atoms with E-state index in [0.717, 1.165) is 11.4 Å². The molecule has 0 aliphatic carbocycles. The summed E-state index contributed by atoms with van der Waals surface area (Å²) in [6.07, 6.45) is 0.684. The number of amides is 2. The number of methoxy groups -OCH3 is 1. The Hall–Kier alpha value is -2.26. The second kappa shape index (κ2) is 9.61. The molecule has 7 nitrogen and oxygen atoms in total. The van der Waals surface area contributed by atoms with Gasteiger partial charge in [-0.25, -0.2) is 4.98 Å². The summed E-state index contributed by atoms with van der Waals surface area (Å²) in [5.74, 6) is 2.06. The summed E-state index contributed by atoms with van der Waals surface area (Å²) in [5, 5.41) is 4.86. The van der Waals surface area contributed by atoms with Gasteiger partial charge in [0.2, 0.25) is 5.91 Å². The van der Waals surface area contributed by atoms with Gasteiger partial charge >= 0.3 is 0 Å². The predicted octanol–water partition coefficient (Wildman–Crippen LogP) is 1.79. The zero-order valence-corrected chi connectivity index (χ0v) is 16.6. The molecular formula is C18H21N3O4S2. The first kappa shape index (κ1) is 19.5. The van der Waals surface area contributed by atoms with Crippen LogP contribution < -0.4 is 14.8 Å². The van der Waals surface area contributed by atoms with Crippen molar-refractivity contribution in [2.24, 2.45) is 0 Å². The number of nitrogens with zero attached hydrogens (tertiary/aromatic N) is 2. The third kappa shape index (κ3) is 5.36. The van der Waals surface area contributed by atoms with Gasteiger partial charge in [0, 0.05) is 24.1 Å². The van der Waals surface area contributed by atoms with Gasteiger partial charge in [0.1, 0.15) is 17.5 Å². The number of thioether (sulfide) groups is 1. The molecule has 2 aromatic rings. The Morgan fingerprint density at radius 3 is 2.78 bits per heavy atom. The highest BCUT2D eigenvalue weighted by Gasteiger charge is 2.34. The minimum Gasteiger partial charge on any atom is -0.497 e. The molecule has 2 heterocycles. The molecule has 9 heteroatoms. The van der Waals surface area contributed by atoms with E-state index in [1.807, 2.05) is 5.38 Å². The van der Waals surface area contributed by atoms with Gasteiger partial charge in [0.25, 0.3) is 5.91 Å². The van der Waals surface area contributed by atoms with Crippen LogP contribution in [0.25, 0.3) is 0 Å². The highest BCUT2D eigenvalue weighted by atomic mass is 32.2. The van der Waals surface area contributed by atoms with Crippen LogP contribution in [0.1, 0.15) is 5.69 Å². The molecule has 1 atom stereocenters. The van der Waals surface area contributed by atoms with Crippen LogP contribution in [-0.4, -0.2) is 59.6 Å². The van der Waals surface area contributed by atoms with Crippen LogP contribution in [0.5, 0.6) is 11.5 Å². The number of hydrogen-bond donors (Lipinski definition) is 1. The van der Waals surface area contributed by atoms with E-state index in [-0.39, 0.29) is 18.4 Å². The summed E-state index contributed by atoms with van der Waals surface area (Å²) in [5.41, 5.74) is 2.73. The van der Waals surface area contributed by atoms with Crippen LogP contribution in [-0.2, 0) is 16.0 Å². The minimum atomic E-state index is -0.461. The zero-order chi connectivity index (χ0) is 19.1. The lowest BCUT2D eigenvalue weighted by Crippen LogP contribution is -2.48. The van der Waals surface area contributed by atoms with Crippen molar-refractivity contribution in [3.05, 3.63) is 40.8 Å². The predicted molar refractivity (Wildman–Crippen MR) is 105 cm³/mol. The fourth-order valence-corrected chi connectivity index (χ4v) is 4.37. The highest BCUT2D eigenvalue weighted by molar-refractivity contribution is 7.99. The Bertz CT molecular complexity index is 752. The third-order valence-electron chi connectivity index (χ3n) is 4.09. The van der Waals surface area contributed by atoms with Crippen molar-refractivity contribution in [1.29, 1.82) is 0 Å². The maximum atomic E-state index is 12.5. The van der Waals surface area contributed by atoms with Gasteiger partial charge in [-0.3, -0.25) is 9.59 Å². The molecule has 2 amide bonds. The molecule has 0 bridgehead atoms. The molecule has 1 unspecified atom stereocenters. The van der Waals surface area contributed by atoms with E-state index in [0.29, 0.717) is 30.3 Å². The Kier molecular flexibility index (Phi) is 6.94. The Balaban J connectivity index is 1.47. The maximum absolute atomic E-state index is 12.5. The fourth-order valence-electron chi connectivity index (χ4n) is 2.60. The fraction of sp³-hybridized carbons (Fsp3) is 0.389. The number of ether oxygens (including phenoxy) is 2. The minimum absolute atomic E-state index is 0.102. The highest BCUT2D eigenvalue weighted by Crippen LogP contribution is 2.22. The Labute approximate surface area is 166 Å². The molecule has 144 valence electrons. The van der Waals surface area contributed by atoms with E-state index < -0.39 is 6.04 Å². The number of benzene rings is 1. The molecule has 3 rings (SSSR count). The zero-order valence-electron chi connectivity index (χ0n) is 14.9. The van der Waals surface area contributed by atoms with Gasteiger partial charge in [-0.2, -0.15) is 0 Å². The summed E-state index contributed by atoms with van der Waals surface area (Å²) in [6, 6.07) is 6.56. The Morgan fingerprint density at radius 2 is 2.07 bits per heavy atom. The lowest BCUT2D eigenvalue weighted by atomic mass is 10.2. The summed E-state index contributed by atoms with van der Waals surface area (Å²) in [7, 11) is 1.59. The first-order valence-corrected chi connectivity index (χ1v) is 10.6. The molecule has 1 saturated heterocycles. The SMILES string of the molecule is COc1ccc(OCC(=O)N2CSCC2C(=O)NCCc2cscn2)cc1. The van der Waals surface area contributed by atoms with Gasteiger partial charge < -0.3 is 19.7 Å². The normalized spacial score (nSPS) is 16.2. The molecule has 1 aliphatic heterocycles. The maximum Gasteiger partial charge on any atom is 0.261 e. The van der Waals surface area contributed by atoms with Gasteiger partial charge in [-0.05, 0) is 24.3 Å². The molecule has 1 aromatic carbocycles. The third-order valence-corrected chi connectivity index (χ3v) is 5.74. The van der Waals surface area contributed by atoms with Crippen molar-refractivity contribution in [2.45, 2.75) is 12.5 Å². The second-order valence-electron chi connectivity index (χ2n) is 5.86. The number of rotatable bonds is 8. The smallest absolute Gasteiger partial charge is 0.261 e. The summed E-state index contributed by atoms with van der Waals surface area (Å²) < 4.78 is 10.6. The second-order valence-corrected chi connectivity index (χ2v) is 7.58. The monoisotopic (exact) mass is 407 g/mol. The van der Waals surface area contributed by atoms with Crippen molar-refractivity contribution in [3.63, 3.8) is 0 Å². The van der Waals surface area contributed by atoms with E-state index in [1.165, 1.54) is 11.3 Å². The molecule has 0 radical (unpaired) electrons. The topological polar surface area (TPSA) is 80.8 Å². The van der Waals surface area contributed by atoms with Crippen molar-refractivity contribution < 1.29 is 19.1 Å². The largest absolute Gasteiger partial charge is 0.497 e. The van der Waals surface area contributed by atoms with Gasteiger partial charge in [-0.1, -0.05) is 0 Å². The molecule has 1 N–H and O–H groups in total. The molecule has 27 heavy (non-hydrogen) atoms. The number of thiazole rings is 1. The van der Waals surface area contributed by atoms with Crippen LogP contribution in [0, 0.1) is 0 Å². The van der Waals surface area contributed by atoms with Gasteiger partial charge in [-0.15, -0.1) is 23.1 Å². The first-order valence-electron chi connectivity index (χ1n) is 8.46. The molecule has 1 aliphatic rings. The van der Waals surface area contributed by atoms with Crippen LogP contribution in [0.4, 0.5) is 0 Å². The van der Waals surface area contributed by atoms with Crippen molar-refractivity contribution >= 4 is 34.9 Å². The average Bonchev–Trinajstić information content (AvgIpc) is 3.38. The van der Waals surface area contributed by atoms with E-state index in [4.69, 9.17) is 9.47 Å². The van der Waals surface area contributed by atoms with Crippen molar-refractivity contribution in [3.8, 4) is 11.5 Å². The molecule has 0 spiro atoms. The van der Waals surface area contributed by atoms with Crippen LogP contribution >= 0.6 is 23.1 Å². The van der Waals surface area contributed by atoms with Crippen molar-refractivity contribution in [2.75, 3.05) is 31.9 Å². The number of hydrogen-bond acceptors (Lipinski definition) is 7. The van der Waals surface area contributed by atoms with Gasteiger partial charge in [0.05, 0.1) is 24.2 Å². The van der Waals surface area contributed by atoms with E-state index in [1.54, 1.807) is 53.5 Å². The van der Waals surface area contributed by atoms with E-state index in [2.05, 4.69) is 10.3 Å². The average molecular weight is 408 g/mol. The molecule has 0 saturated carbocycles. The van der Waals surface area contributed by atoms with Crippen LogP contribution in [0.15, 0.2) is 35.2 Å². The first-order chi connectivity index (χ1) is 13.2. The van der Waals surface area contributed by atoms with E-state index >= 15 is 0 Å². The number of carbonyl (C=O) groups excluding carboxylic acids is 2. The number of carbonyl (C=O) groups is 2. The quantitative estimate of drug-likeness (QED) is 0.719. The number of nitrogens with one attached hydrogen (secondary N) is 1. The lowest BCUT2D eigenvalue weighted by Gasteiger charge is -2.23. The van der Waals surface area contributed by atoms with Crippen LogP contribution in [0.2, 0.25) is 0 Å². The standard InChI is InChI=1S/C18H21N3O4S2/c1-24-14-2-4-15(5-3-14)25-8-17(22)21-12-27-10-16(21)18(23)19-7-6-13-9-26-11-20-13/h2-5,9,11,16H,6-8,10,12H2,1H3,(H,19,23). The molecular weight excluding hydrogens is 386 g/mol. The summed E-state index contributed by atoms with van der Waals surface area (Å²) in [6.45, 7) is 0.406. The Morgan fingerprint density at radius 1 is 1.30 bits per heavy atom. The van der Waals surface area contributed by atoms with Crippen LogP contribution in [0.3, 0.4) is 0 Å². The van der Waals surface area contributed by atoms with E-state index in [9.17, 15) is 9.59 Å². The van der Waals surface area contributed by atoms with Crippen molar-refractivity contribution in [1.82, 2.24) is 15.2 Å². The summed E-state index contributed by atoms with van der Waals surface area (Å²) >= 11 is 3.10. The summed E-state index contributed by atoms with van der Waals surface area (Å²) in [4.78, 5) is 30.7. The number of aromatic nitrogens is 1. The lowest BCUT2D eigenvalue weighted by molar-refractivity contribution is -0.139. The molecule has 1 aromatic heterocycles.